The molecule has 4 amide bonds. The van der Waals surface area contributed by atoms with Gasteiger partial charge in [0.25, 0.3) is 11.8 Å². The Morgan fingerprint density at radius 2 is 1.97 bits per heavy atom. The van der Waals surface area contributed by atoms with Crippen LogP contribution in [0.4, 0.5) is 4.79 Å². The first-order chi connectivity index (χ1) is 13.9. The van der Waals surface area contributed by atoms with Crippen LogP contribution in [0.1, 0.15) is 59.9 Å². The third kappa shape index (κ3) is 3.28. The van der Waals surface area contributed by atoms with Crippen LogP contribution < -0.4 is 5.32 Å². The third-order valence-corrected chi connectivity index (χ3v) is 7.62. The largest absolute Gasteiger partial charge is 0.347 e. The lowest BCUT2D eigenvalue weighted by molar-refractivity contribution is -0.127. The van der Waals surface area contributed by atoms with Gasteiger partial charge in [0.2, 0.25) is 0 Å². The third-order valence-electron chi connectivity index (χ3n) is 6.50. The van der Waals surface area contributed by atoms with Gasteiger partial charge in [-0.2, -0.15) is 5.10 Å². The number of rotatable bonds is 3. The lowest BCUT2D eigenvalue weighted by Crippen LogP contribution is -2.39. The Bertz CT molecular complexity index is 988. The first-order valence-corrected chi connectivity index (χ1v) is 11.1. The first kappa shape index (κ1) is 21.1. The molecule has 30 heavy (non-hydrogen) atoms. The van der Waals surface area contributed by atoms with Crippen molar-refractivity contribution in [2.75, 3.05) is 13.6 Å². The van der Waals surface area contributed by atoms with Crippen LogP contribution in [0.2, 0.25) is 0 Å². The van der Waals surface area contributed by atoms with E-state index < -0.39 is 6.04 Å². The Morgan fingerprint density at radius 1 is 1.23 bits per heavy atom. The van der Waals surface area contributed by atoms with Gasteiger partial charge in [-0.05, 0) is 32.3 Å². The van der Waals surface area contributed by atoms with Crippen molar-refractivity contribution >= 4 is 51.8 Å². The predicted octanol–water partition coefficient (Wildman–Crippen LogP) is 3.10. The average molecular weight is 452 g/mol. The van der Waals surface area contributed by atoms with Crippen LogP contribution in [0.15, 0.2) is 6.07 Å². The van der Waals surface area contributed by atoms with Crippen LogP contribution in [0.25, 0.3) is 10.2 Å². The zero-order valence-corrected chi connectivity index (χ0v) is 18.7. The Kier molecular flexibility index (Phi) is 5.52. The molecule has 2 aromatic heterocycles. The topological polar surface area (TPSA) is 87.5 Å². The van der Waals surface area contributed by atoms with E-state index >= 15 is 0 Å². The molecular weight excluding hydrogens is 426 g/mol. The smallest absolute Gasteiger partial charge is 0.327 e. The molecule has 2 atom stereocenters. The van der Waals surface area contributed by atoms with Crippen molar-refractivity contribution in [1.82, 2.24) is 24.9 Å². The van der Waals surface area contributed by atoms with Crippen molar-refractivity contribution in [3.05, 3.63) is 16.6 Å². The number of fused-ring (bicyclic) bond motifs is 2. The Morgan fingerprint density at radius 3 is 2.67 bits per heavy atom. The summed E-state index contributed by atoms with van der Waals surface area (Å²) in [5, 5.41) is 8.82. The van der Waals surface area contributed by atoms with Crippen LogP contribution in [0.5, 0.6) is 0 Å². The highest BCUT2D eigenvalue weighted by Crippen LogP contribution is 2.35. The molecular formula is C20H26ClN5O3S. The summed E-state index contributed by atoms with van der Waals surface area (Å²) >= 11 is 1.49. The summed E-state index contributed by atoms with van der Waals surface area (Å²) in [6.45, 7) is 2.38. The number of likely N-dealkylation sites (N-methyl/N-ethyl adjacent to an activating group) is 1. The Labute approximate surface area is 185 Å². The lowest BCUT2D eigenvalue weighted by Gasteiger charge is -2.22. The molecule has 0 bridgehead atoms. The minimum absolute atomic E-state index is 0. The zero-order valence-electron chi connectivity index (χ0n) is 17.1. The van der Waals surface area contributed by atoms with Gasteiger partial charge in [0.1, 0.15) is 10.9 Å². The van der Waals surface area contributed by atoms with Crippen molar-refractivity contribution < 1.29 is 14.4 Å². The maximum absolute atomic E-state index is 12.9. The maximum atomic E-state index is 12.9. The number of thiophene rings is 1. The van der Waals surface area contributed by atoms with Crippen molar-refractivity contribution in [2.45, 2.75) is 63.6 Å². The fourth-order valence-electron chi connectivity index (χ4n) is 4.91. The summed E-state index contributed by atoms with van der Waals surface area (Å²) in [5.74, 6) is -0.322. The van der Waals surface area contributed by atoms with Crippen LogP contribution in [0.3, 0.4) is 0 Å². The van der Waals surface area contributed by atoms with E-state index in [1.54, 1.807) is 4.90 Å². The van der Waals surface area contributed by atoms with Crippen LogP contribution in [-0.2, 0) is 4.79 Å². The number of amides is 4. The minimum Gasteiger partial charge on any atom is -0.347 e. The fourth-order valence-corrected chi connectivity index (χ4v) is 6.05. The number of imide groups is 1. The number of halogens is 1. The number of carbonyl (C=O) groups excluding carboxylic acids is 3. The summed E-state index contributed by atoms with van der Waals surface area (Å²) in [5.41, 5.74) is 0.960. The van der Waals surface area contributed by atoms with Gasteiger partial charge in [0.05, 0.1) is 16.6 Å². The van der Waals surface area contributed by atoms with Gasteiger partial charge in [-0.15, -0.1) is 23.7 Å². The molecule has 1 aliphatic carbocycles. The molecule has 2 saturated heterocycles. The van der Waals surface area contributed by atoms with Crippen molar-refractivity contribution in [1.29, 1.82) is 0 Å². The second kappa shape index (κ2) is 7.85. The van der Waals surface area contributed by atoms with Crippen molar-refractivity contribution in [3.8, 4) is 0 Å². The molecule has 2 aliphatic heterocycles. The number of carbonyl (C=O) groups is 3. The Hall–Kier alpha value is -2.13. The quantitative estimate of drug-likeness (QED) is 0.726. The van der Waals surface area contributed by atoms with E-state index in [1.807, 2.05) is 13.0 Å². The lowest BCUT2D eigenvalue weighted by atomic mass is 9.96. The summed E-state index contributed by atoms with van der Waals surface area (Å²) in [4.78, 5) is 41.6. The van der Waals surface area contributed by atoms with Gasteiger partial charge in [0.15, 0.2) is 0 Å². The van der Waals surface area contributed by atoms with E-state index in [9.17, 15) is 14.4 Å². The molecule has 0 radical (unpaired) electrons. The molecule has 4 heterocycles. The van der Waals surface area contributed by atoms with Crippen LogP contribution in [0, 0.1) is 6.92 Å². The first-order valence-electron chi connectivity index (χ1n) is 10.3. The molecule has 1 N–H and O–H groups in total. The molecule has 10 heteroatoms. The number of nitrogens with one attached hydrogen (secondary N) is 1. The van der Waals surface area contributed by atoms with Gasteiger partial charge in [0, 0.05) is 25.0 Å². The van der Waals surface area contributed by atoms with Crippen molar-refractivity contribution in [2.24, 2.45) is 0 Å². The van der Waals surface area contributed by atoms with E-state index in [1.165, 1.54) is 37.6 Å². The van der Waals surface area contributed by atoms with Gasteiger partial charge < -0.3 is 10.2 Å². The SMILES string of the molecule is Cc1nn(C2CCCCC2)c2sc(C(=O)NC3C[C@H]4C(=O)N(C)C(=O)N4C3)cc12.Cl. The highest BCUT2D eigenvalue weighted by molar-refractivity contribution is 7.20. The second-order valence-electron chi connectivity index (χ2n) is 8.41. The molecule has 162 valence electrons. The van der Waals surface area contributed by atoms with Gasteiger partial charge in [-0.25, -0.2) is 4.79 Å². The number of nitrogens with zero attached hydrogens (tertiary/aromatic N) is 4. The van der Waals surface area contributed by atoms with Gasteiger partial charge in [-0.3, -0.25) is 19.2 Å². The minimum atomic E-state index is -0.442. The number of urea groups is 1. The normalized spacial score (nSPS) is 24.5. The summed E-state index contributed by atoms with van der Waals surface area (Å²) < 4.78 is 2.13. The fraction of sp³-hybridized carbons (Fsp3) is 0.600. The van der Waals surface area contributed by atoms with Crippen LogP contribution in [-0.4, -0.2) is 63.1 Å². The van der Waals surface area contributed by atoms with E-state index in [0.717, 1.165) is 33.7 Å². The number of hydrogen-bond acceptors (Lipinski definition) is 5. The molecule has 8 nitrogen and oxygen atoms in total. The predicted molar refractivity (Wildman–Crippen MR) is 116 cm³/mol. The molecule has 5 rings (SSSR count). The average Bonchev–Trinajstić information content (AvgIpc) is 3.45. The zero-order chi connectivity index (χ0) is 20.3. The molecule has 3 aliphatic rings. The summed E-state index contributed by atoms with van der Waals surface area (Å²) in [6.07, 6.45) is 6.51. The molecule has 0 spiro atoms. The summed E-state index contributed by atoms with van der Waals surface area (Å²) in [6, 6.07) is 1.43. The van der Waals surface area contributed by atoms with E-state index in [-0.39, 0.29) is 36.3 Å². The standard InChI is InChI=1S/C20H25N5O3S.ClH/c1-11-14-9-16(29-19(14)25(22-11)13-6-4-3-5-7-13)17(26)21-12-8-15-18(27)23(2)20(28)24(15)10-12;/h9,12-13,15H,3-8,10H2,1-2H3,(H,21,26);1H/t12?,15-;/m0./s1. The molecule has 3 fully saturated rings. The number of aryl methyl sites for hydroxylation is 1. The molecule has 1 unspecified atom stereocenters. The van der Waals surface area contributed by atoms with Gasteiger partial charge >= 0.3 is 6.03 Å². The monoisotopic (exact) mass is 451 g/mol. The molecule has 1 saturated carbocycles. The van der Waals surface area contributed by atoms with Crippen LogP contribution >= 0.6 is 23.7 Å². The molecule has 0 aromatic carbocycles. The second-order valence-corrected chi connectivity index (χ2v) is 9.44. The number of aromatic nitrogens is 2. The number of hydrogen-bond donors (Lipinski definition) is 1. The highest BCUT2D eigenvalue weighted by atomic mass is 35.5. The Balaban J connectivity index is 0.00000218. The highest BCUT2D eigenvalue weighted by Gasteiger charge is 2.49. The van der Waals surface area contributed by atoms with E-state index in [2.05, 4.69) is 10.00 Å². The van der Waals surface area contributed by atoms with Gasteiger partial charge in [-0.1, -0.05) is 19.3 Å². The van der Waals surface area contributed by atoms with E-state index in [0.29, 0.717) is 23.9 Å². The van der Waals surface area contributed by atoms with E-state index in [4.69, 9.17) is 5.10 Å². The van der Waals surface area contributed by atoms with Crippen molar-refractivity contribution in [3.63, 3.8) is 0 Å². The summed E-state index contributed by atoms with van der Waals surface area (Å²) in [7, 11) is 1.51. The maximum Gasteiger partial charge on any atom is 0.327 e. The molecule has 2 aromatic rings.